The van der Waals surface area contributed by atoms with E-state index in [1.54, 1.807) is 25.1 Å². The molecule has 4 rings (SSSR count). The topological polar surface area (TPSA) is 12.4 Å². The molecule has 8 heteroatoms. The first-order chi connectivity index (χ1) is 19.2. The van der Waals surface area contributed by atoms with Gasteiger partial charge in [0.25, 0.3) is 0 Å². The summed E-state index contributed by atoms with van der Waals surface area (Å²) in [5.74, 6) is -5.15. The van der Waals surface area contributed by atoms with E-state index in [4.69, 9.17) is 0 Å². The summed E-state index contributed by atoms with van der Waals surface area (Å²) in [7, 11) is 0. The Morgan fingerprint density at radius 2 is 1.55 bits per heavy atom. The molecule has 1 aliphatic rings. The van der Waals surface area contributed by atoms with E-state index in [0.29, 0.717) is 37.7 Å². The molecule has 0 heterocycles. The summed E-state index contributed by atoms with van der Waals surface area (Å²) in [6.07, 6.45) is 6.38. The summed E-state index contributed by atoms with van der Waals surface area (Å²) in [6, 6.07) is 10.6. The zero-order valence-corrected chi connectivity index (χ0v) is 22.6. The van der Waals surface area contributed by atoms with Crippen molar-refractivity contribution in [2.75, 3.05) is 0 Å². The average Bonchev–Trinajstić information content (AvgIpc) is 2.94. The molecule has 1 saturated carbocycles. The molecule has 3 aromatic carbocycles. The molecule has 0 amide bonds. The van der Waals surface area contributed by atoms with Crippen molar-refractivity contribution in [2.45, 2.75) is 57.3 Å². The van der Waals surface area contributed by atoms with Crippen molar-refractivity contribution in [3.8, 4) is 11.1 Å². The van der Waals surface area contributed by atoms with Gasteiger partial charge in [-0.3, -0.25) is 0 Å². The lowest BCUT2D eigenvalue weighted by Crippen LogP contribution is -2.13. The van der Waals surface area contributed by atoms with Crippen molar-refractivity contribution in [3.63, 3.8) is 0 Å². The number of allylic oxidation sites excluding steroid dienone is 3. The number of aliphatic imine (C=N–C) groups is 1. The normalized spacial score (nSPS) is 18.0. The maximum absolute atomic E-state index is 15.0. The number of benzene rings is 3. The fourth-order valence-electron chi connectivity index (χ4n) is 5.27. The smallest absolute Gasteiger partial charge is 0.161 e. The van der Waals surface area contributed by atoms with E-state index in [-0.39, 0.29) is 34.9 Å². The lowest BCUT2D eigenvalue weighted by molar-refractivity contribution is 0.386. The summed E-state index contributed by atoms with van der Waals surface area (Å²) >= 11 is 4.40. The second-order valence-corrected chi connectivity index (χ2v) is 10.0. The van der Waals surface area contributed by atoms with Gasteiger partial charge in [0.05, 0.1) is 5.16 Å². The maximum Gasteiger partial charge on any atom is 0.161 e. The molecule has 0 aliphatic heterocycles. The van der Waals surface area contributed by atoms with Crippen LogP contribution >= 0.6 is 12.2 Å². The molecule has 40 heavy (non-hydrogen) atoms. The van der Waals surface area contributed by atoms with Gasteiger partial charge in [0.1, 0.15) is 23.1 Å². The lowest BCUT2D eigenvalue weighted by atomic mass is 9.75. The molecule has 1 nitrogen and oxygen atoms in total. The number of halogens is 6. The zero-order chi connectivity index (χ0) is 28.8. The zero-order valence-electron chi connectivity index (χ0n) is 21.8. The molecule has 0 aromatic heterocycles. The molecule has 0 atom stereocenters. The van der Waals surface area contributed by atoms with Crippen molar-refractivity contribution >= 4 is 28.9 Å². The highest BCUT2D eigenvalue weighted by Gasteiger charge is 2.26. The highest BCUT2D eigenvalue weighted by Crippen LogP contribution is 2.42. The molecule has 1 fully saturated rings. The van der Waals surface area contributed by atoms with E-state index in [0.717, 1.165) is 23.8 Å². The third-order valence-corrected chi connectivity index (χ3v) is 7.47. The van der Waals surface area contributed by atoms with Gasteiger partial charge in [0, 0.05) is 17.5 Å². The van der Waals surface area contributed by atoms with Crippen LogP contribution in [0, 0.1) is 23.3 Å². The Balaban J connectivity index is 1.44. The summed E-state index contributed by atoms with van der Waals surface area (Å²) in [5.41, 5.74) is 0.593. The quantitative estimate of drug-likeness (QED) is 0.113. The standard InChI is InChI=1S/C32H27F6NS/c1-2-3-4-5-26(33)31(38)22-11-13-24(28(35)15-22)20-8-6-19(7-9-20)21-10-12-25(27(34)14-21)23-16-29(36)32(39-18-40)30(37)17-23/h2-3,10-17,19-20H,4-9H2,1H3/b3-2+,31-26+. The van der Waals surface area contributed by atoms with Crippen LogP contribution in [-0.2, 0) is 0 Å². The summed E-state index contributed by atoms with van der Waals surface area (Å²) < 4.78 is 87.0. The summed E-state index contributed by atoms with van der Waals surface area (Å²) in [5, 5.41) is 1.92. The number of hydrogen-bond donors (Lipinski definition) is 0. The van der Waals surface area contributed by atoms with Crippen LogP contribution in [0.15, 0.2) is 71.5 Å². The van der Waals surface area contributed by atoms with Gasteiger partial charge in [-0.15, -0.1) is 0 Å². The minimum atomic E-state index is -1.05. The molecule has 0 N–H and O–H groups in total. The van der Waals surface area contributed by atoms with Crippen molar-refractivity contribution < 1.29 is 26.3 Å². The number of rotatable bonds is 8. The van der Waals surface area contributed by atoms with E-state index in [1.807, 2.05) is 5.16 Å². The molecule has 0 unspecified atom stereocenters. The van der Waals surface area contributed by atoms with Gasteiger partial charge in [-0.05, 0) is 104 Å². The third kappa shape index (κ3) is 6.62. The van der Waals surface area contributed by atoms with Crippen molar-refractivity contribution in [1.82, 2.24) is 0 Å². The molecule has 0 saturated heterocycles. The molecular formula is C32H27F6NS. The first-order valence-electron chi connectivity index (χ1n) is 13.0. The summed E-state index contributed by atoms with van der Waals surface area (Å²) in [6.45, 7) is 1.79. The number of nitrogens with zero attached hydrogens (tertiary/aromatic N) is 1. The monoisotopic (exact) mass is 571 g/mol. The Bertz CT molecular complexity index is 1470. The van der Waals surface area contributed by atoms with Gasteiger partial charge >= 0.3 is 0 Å². The summed E-state index contributed by atoms with van der Waals surface area (Å²) in [4.78, 5) is 3.36. The maximum atomic E-state index is 15.0. The highest BCUT2D eigenvalue weighted by atomic mass is 32.1. The Morgan fingerprint density at radius 3 is 2.15 bits per heavy atom. The SMILES string of the molecule is C/C=C/CC/C(F)=C(\F)c1ccc(C2CCC(c3ccc(-c4cc(F)c(N=C=S)c(F)c4)c(F)c3)CC2)c(F)c1. The minimum absolute atomic E-state index is 0.0292. The van der Waals surface area contributed by atoms with Crippen LogP contribution in [0.2, 0.25) is 0 Å². The van der Waals surface area contributed by atoms with Gasteiger partial charge in [0.2, 0.25) is 0 Å². The van der Waals surface area contributed by atoms with Crippen LogP contribution < -0.4 is 0 Å². The van der Waals surface area contributed by atoms with Crippen molar-refractivity contribution in [1.29, 1.82) is 0 Å². The van der Waals surface area contributed by atoms with Gasteiger partial charge in [-0.1, -0.05) is 36.4 Å². The molecule has 1 aliphatic carbocycles. The number of isothiocyanates is 1. The van der Waals surface area contributed by atoms with Crippen LogP contribution in [0.5, 0.6) is 0 Å². The first-order valence-corrected chi connectivity index (χ1v) is 13.5. The van der Waals surface area contributed by atoms with E-state index in [1.165, 1.54) is 24.3 Å². The van der Waals surface area contributed by atoms with Crippen LogP contribution in [0.1, 0.15) is 74.0 Å². The van der Waals surface area contributed by atoms with Gasteiger partial charge in [0.15, 0.2) is 17.5 Å². The van der Waals surface area contributed by atoms with Crippen LogP contribution in [0.3, 0.4) is 0 Å². The third-order valence-electron chi connectivity index (χ3n) is 7.38. The largest absolute Gasteiger partial charge is 0.209 e. The number of hydrogen-bond acceptors (Lipinski definition) is 2. The Morgan fingerprint density at radius 1 is 0.875 bits per heavy atom. The number of thiocarbonyl (C=S) groups is 1. The van der Waals surface area contributed by atoms with E-state index < -0.39 is 40.6 Å². The minimum Gasteiger partial charge on any atom is -0.209 e. The van der Waals surface area contributed by atoms with E-state index >= 15 is 4.39 Å². The Labute approximate surface area is 235 Å². The molecular weight excluding hydrogens is 544 g/mol. The fraction of sp³-hybridized carbons (Fsp3) is 0.281. The van der Waals surface area contributed by atoms with Gasteiger partial charge in [-0.2, -0.15) is 4.99 Å². The fourth-order valence-corrected chi connectivity index (χ4v) is 5.36. The van der Waals surface area contributed by atoms with Crippen molar-refractivity contribution in [3.05, 3.63) is 106 Å². The lowest BCUT2D eigenvalue weighted by Gasteiger charge is -2.29. The second-order valence-electron chi connectivity index (χ2n) is 9.84. The molecule has 0 radical (unpaired) electrons. The van der Waals surface area contributed by atoms with Gasteiger partial charge in [-0.25, -0.2) is 26.3 Å². The Kier molecular flexibility index (Phi) is 9.77. The van der Waals surface area contributed by atoms with Crippen LogP contribution in [-0.4, -0.2) is 5.16 Å². The predicted octanol–water partition coefficient (Wildman–Crippen LogP) is 11.0. The second kappa shape index (κ2) is 13.2. The highest BCUT2D eigenvalue weighted by molar-refractivity contribution is 7.78. The van der Waals surface area contributed by atoms with Crippen LogP contribution in [0.25, 0.3) is 17.0 Å². The van der Waals surface area contributed by atoms with E-state index in [9.17, 15) is 22.0 Å². The van der Waals surface area contributed by atoms with Gasteiger partial charge < -0.3 is 0 Å². The van der Waals surface area contributed by atoms with Crippen LogP contribution in [0.4, 0.5) is 32.0 Å². The molecule has 0 bridgehead atoms. The molecule has 0 spiro atoms. The first kappa shape index (κ1) is 29.5. The van der Waals surface area contributed by atoms with Crippen molar-refractivity contribution in [2.24, 2.45) is 4.99 Å². The van der Waals surface area contributed by atoms with E-state index in [2.05, 4.69) is 17.2 Å². The molecule has 3 aromatic rings. The predicted molar refractivity (Wildman–Crippen MR) is 150 cm³/mol. The average molecular weight is 572 g/mol. The Hall–Kier alpha value is -3.48. The molecule has 208 valence electrons.